The molecule has 0 aromatic heterocycles. The normalized spacial score (nSPS) is 16.4. The van der Waals surface area contributed by atoms with E-state index in [1.54, 1.807) is 0 Å². The molecule has 104 valence electrons. The summed E-state index contributed by atoms with van der Waals surface area (Å²) >= 11 is 6.05. The fourth-order valence-electron chi connectivity index (χ4n) is 2.64. The summed E-state index contributed by atoms with van der Waals surface area (Å²) in [6.45, 7) is 6.77. The lowest BCUT2D eigenvalue weighted by Crippen LogP contribution is -2.38. The summed E-state index contributed by atoms with van der Waals surface area (Å²) in [5, 5.41) is 0.148. The van der Waals surface area contributed by atoms with Crippen molar-refractivity contribution in [1.82, 2.24) is 0 Å². The fraction of sp³-hybridized carbons (Fsp3) is 0.562. The number of benzene rings is 1. The van der Waals surface area contributed by atoms with Gasteiger partial charge in [0.25, 0.3) is 0 Å². The number of anilines is 1. The van der Waals surface area contributed by atoms with Gasteiger partial charge in [-0.2, -0.15) is 0 Å². The first kappa shape index (κ1) is 14.4. The van der Waals surface area contributed by atoms with Gasteiger partial charge in [-0.1, -0.05) is 26.0 Å². The standard InChI is InChI=1S/C16H22ClNO/c1-11(2)16(19)18-8-4-5-14-10-13(9-12(3)17)6-7-15(14)18/h6-7,10-12H,4-5,8-9H2,1-3H3. The van der Waals surface area contributed by atoms with Crippen molar-refractivity contribution in [3.63, 3.8) is 0 Å². The highest BCUT2D eigenvalue weighted by Gasteiger charge is 2.24. The maximum atomic E-state index is 12.2. The lowest BCUT2D eigenvalue weighted by Gasteiger charge is -2.31. The van der Waals surface area contributed by atoms with Gasteiger partial charge < -0.3 is 4.90 Å². The lowest BCUT2D eigenvalue weighted by atomic mass is 9.96. The first-order valence-electron chi connectivity index (χ1n) is 7.06. The highest BCUT2D eigenvalue weighted by molar-refractivity contribution is 6.20. The van der Waals surface area contributed by atoms with E-state index >= 15 is 0 Å². The van der Waals surface area contributed by atoms with E-state index in [9.17, 15) is 4.79 Å². The second kappa shape index (κ2) is 5.96. The van der Waals surface area contributed by atoms with Crippen molar-refractivity contribution in [2.24, 2.45) is 5.92 Å². The predicted molar refractivity (Wildman–Crippen MR) is 81.0 cm³/mol. The number of fused-ring (bicyclic) bond motifs is 1. The maximum Gasteiger partial charge on any atom is 0.229 e. The van der Waals surface area contributed by atoms with Crippen LogP contribution in [-0.2, 0) is 17.6 Å². The molecule has 0 saturated heterocycles. The van der Waals surface area contributed by atoms with Crippen molar-refractivity contribution in [2.45, 2.75) is 45.4 Å². The molecule has 1 aliphatic rings. The van der Waals surface area contributed by atoms with Crippen molar-refractivity contribution >= 4 is 23.2 Å². The van der Waals surface area contributed by atoms with Crippen LogP contribution in [0.3, 0.4) is 0 Å². The van der Waals surface area contributed by atoms with Gasteiger partial charge in [0.05, 0.1) is 0 Å². The smallest absolute Gasteiger partial charge is 0.229 e. The summed E-state index contributed by atoms with van der Waals surface area (Å²) in [7, 11) is 0. The van der Waals surface area contributed by atoms with E-state index in [0.717, 1.165) is 31.5 Å². The van der Waals surface area contributed by atoms with E-state index in [2.05, 4.69) is 18.2 Å². The number of hydrogen-bond donors (Lipinski definition) is 0. The number of hydrogen-bond acceptors (Lipinski definition) is 1. The van der Waals surface area contributed by atoms with Crippen LogP contribution < -0.4 is 4.90 Å². The van der Waals surface area contributed by atoms with E-state index < -0.39 is 0 Å². The van der Waals surface area contributed by atoms with E-state index in [-0.39, 0.29) is 17.2 Å². The fourth-order valence-corrected chi connectivity index (χ4v) is 2.82. The third-order valence-corrected chi connectivity index (χ3v) is 3.69. The van der Waals surface area contributed by atoms with Gasteiger partial charge in [0.2, 0.25) is 5.91 Å². The molecule has 2 rings (SSSR count). The monoisotopic (exact) mass is 279 g/mol. The van der Waals surface area contributed by atoms with E-state index in [1.807, 2.05) is 25.7 Å². The molecule has 1 unspecified atom stereocenters. The molecule has 0 radical (unpaired) electrons. The molecule has 0 saturated carbocycles. The molecule has 2 nitrogen and oxygen atoms in total. The highest BCUT2D eigenvalue weighted by atomic mass is 35.5. The first-order valence-corrected chi connectivity index (χ1v) is 7.50. The van der Waals surface area contributed by atoms with E-state index in [0.29, 0.717) is 0 Å². The maximum absolute atomic E-state index is 12.2. The van der Waals surface area contributed by atoms with Crippen molar-refractivity contribution in [3.05, 3.63) is 29.3 Å². The Balaban J connectivity index is 2.28. The SMILES string of the molecule is CC(Cl)Cc1ccc2c(c1)CCCN2C(=O)C(C)C. The summed E-state index contributed by atoms with van der Waals surface area (Å²) in [5.41, 5.74) is 3.64. The van der Waals surface area contributed by atoms with Crippen LogP contribution in [0.25, 0.3) is 0 Å². The van der Waals surface area contributed by atoms with Crippen molar-refractivity contribution in [2.75, 3.05) is 11.4 Å². The van der Waals surface area contributed by atoms with Crippen LogP contribution in [-0.4, -0.2) is 17.8 Å². The Morgan fingerprint density at radius 1 is 1.37 bits per heavy atom. The van der Waals surface area contributed by atoms with Gasteiger partial charge in [0.1, 0.15) is 0 Å². The number of halogens is 1. The number of amides is 1. The second-order valence-corrected chi connectivity index (χ2v) is 6.44. The second-order valence-electron chi connectivity index (χ2n) is 5.70. The van der Waals surface area contributed by atoms with Crippen LogP contribution in [0, 0.1) is 5.92 Å². The largest absolute Gasteiger partial charge is 0.312 e. The zero-order valence-electron chi connectivity index (χ0n) is 11.9. The number of carbonyl (C=O) groups excluding carboxylic acids is 1. The van der Waals surface area contributed by atoms with Crippen LogP contribution in [0.5, 0.6) is 0 Å². The minimum absolute atomic E-state index is 0.0495. The Morgan fingerprint density at radius 2 is 2.11 bits per heavy atom. The Bertz CT molecular complexity index is 468. The molecule has 0 spiro atoms. The summed E-state index contributed by atoms with van der Waals surface area (Å²) in [6.07, 6.45) is 2.99. The Morgan fingerprint density at radius 3 is 2.74 bits per heavy atom. The molecule has 1 aromatic carbocycles. The molecule has 3 heteroatoms. The number of aryl methyl sites for hydroxylation is 1. The minimum atomic E-state index is 0.0495. The molecular formula is C16H22ClNO. The van der Waals surface area contributed by atoms with Crippen LogP contribution >= 0.6 is 11.6 Å². The van der Waals surface area contributed by atoms with Crippen molar-refractivity contribution < 1.29 is 4.79 Å². The van der Waals surface area contributed by atoms with Gasteiger partial charge in [0, 0.05) is 23.5 Å². The minimum Gasteiger partial charge on any atom is -0.312 e. The van der Waals surface area contributed by atoms with Gasteiger partial charge in [-0.15, -0.1) is 11.6 Å². The third kappa shape index (κ3) is 3.30. The average molecular weight is 280 g/mol. The van der Waals surface area contributed by atoms with Gasteiger partial charge in [0.15, 0.2) is 0 Å². The molecule has 1 amide bonds. The van der Waals surface area contributed by atoms with Gasteiger partial charge >= 0.3 is 0 Å². The Kier molecular flexibility index (Phi) is 4.51. The molecule has 0 aliphatic carbocycles. The summed E-state index contributed by atoms with van der Waals surface area (Å²) in [4.78, 5) is 14.2. The molecule has 0 bridgehead atoms. The molecule has 1 aromatic rings. The Labute approximate surface area is 120 Å². The summed E-state index contributed by atoms with van der Waals surface area (Å²) in [6, 6.07) is 6.40. The van der Waals surface area contributed by atoms with Gasteiger partial charge in [-0.25, -0.2) is 0 Å². The molecule has 1 aliphatic heterocycles. The molecule has 1 heterocycles. The molecule has 1 atom stereocenters. The molecule has 19 heavy (non-hydrogen) atoms. The summed E-state index contributed by atoms with van der Waals surface area (Å²) in [5.74, 6) is 0.271. The van der Waals surface area contributed by atoms with Gasteiger partial charge in [-0.05, 0) is 43.4 Å². The van der Waals surface area contributed by atoms with Crippen molar-refractivity contribution in [3.8, 4) is 0 Å². The van der Waals surface area contributed by atoms with Crippen LogP contribution in [0.15, 0.2) is 18.2 Å². The van der Waals surface area contributed by atoms with E-state index in [4.69, 9.17) is 11.6 Å². The topological polar surface area (TPSA) is 20.3 Å². The third-order valence-electron chi connectivity index (χ3n) is 3.54. The van der Waals surface area contributed by atoms with E-state index in [1.165, 1.54) is 11.1 Å². The quantitative estimate of drug-likeness (QED) is 0.771. The number of rotatable bonds is 3. The molecular weight excluding hydrogens is 258 g/mol. The predicted octanol–water partition coefficient (Wildman–Crippen LogP) is 3.79. The highest BCUT2D eigenvalue weighted by Crippen LogP contribution is 2.29. The van der Waals surface area contributed by atoms with Crippen LogP contribution in [0.4, 0.5) is 5.69 Å². The number of alkyl halides is 1. The van der Waals surface area contributed by atoms with Crippen LogP contribution in [0.1, 0.15) is 38.3 Å². The number of carbonyl (C=O) groups is 1. The first-order chi connectivity index (χ1) is 8.99. The van der Waals surface area contributed by atoms with Gasteiger partial charge in [-0.3, -0.25) is 4.79 Å². The van der Waals surface area contributed by atoms with Crippen LogP contribution in [0.2, 0.25) is 0 Å². The lowest BCUT2D eigenvalue weighted by molar-refractivity contribution is -0.121. The zero-order chi connectivity index (χ0) is 14.0. The molecule has 0 fully saturated rings. The number of nitrogens with zero attached hydrogens (tertiary/aromatic N) is 1. The zero-order valence-corrected chi connectivity index (χ0v) is 12.7. The average Bonchev–Trinajstić information content (AvgIpc) is 2.36. The summed E-state index contributed by atoms with van der Waals surface area (Å²) < 4.78 is 0. The molecule has 0 N–H and O–H groups in total. The Hall–Kier alpha value is -1.02. The van der Waals surface area contributed by atoms with Crippen molar-refractivity contribution in [1.29, 1.82) is 0 Å².